The zero-order valence-electron chi connectivity index (χ0n) is 16.8. The summed E-state index contributed by atoms with van der Waals surface area (Å²) in [7, 11) is 3.04. The van der Waals surface area contributed by atoms with Crippen LogP contribution in [0.1, 0.15) is 15.4 Å². The molecule has 10 heteroatoms. The summed E-state index contributed by atoms with van der Waals surface area (Å²) >= 11 is 1.20. The van der Waals surface area contributed by atoms with Gasteiger partial charge in [-0.3, -0.25) is 4.79 Å². The van der Waals surface area contributed by atoms with Crippen molar-refractivity contribution >= 4 is 17.2 Å². The molecule has 0 fully saturated rings. The summed E-state index contributed by atoms with van der Waals surface area (Å²) in [5, 5.41) is 13.5. The average molecular weight is 430 g/mol. The Balaban J connectivity index is 1.57. The van der Waals surface area contributed by atoms with Gasteiger partial charge in [0.15, 0.2) is 22.3 Å². The van der Waals surface area contributed by atoms with Gasteiger partial charge in [0.05, 0.1) is 19.9 Å². The van der Waals surface area contributed by atoms with Gasteiger partial charge < -0.3 is 24.6 Å². The van der Waals surface area contributed by atoms with E-state index in [0.29, 0.717) is 38.7 Å². The number of ether oxygens (including phenoxy) is 3. The molecule has 30 heavy (non-hydrogen) atoms. The van der Waals surface area contributed by atoms with Crippen LogP contribution in [0.4, 0.5) is 0 Å². The SMILES string of the molecule is COc1cccc(OC)c1OCC(O)CNC(=O)c1sc(-c2ncccn2)nc1C. The first kappa shape index (κ1) is 21.5. The van der Waals surface area contributed by atoms with E-state index in [2.05, 4.69) is 20.3 Å². The van der Waals surface area contributed by atoms with Gasteiger partial charge in [-0.25, -0.2) is 15.0 Å². The van der Waals surface area contributed by atoms with Gasteiger partial charge in [0.2, 0.25) is 5.75 Å². The van der Waals surface area contributed by atoms with Crippen LogP contribution < -0.4 is 19.5 Å². The lowest BCUT2D eigenvalue weighted by atomic mass is 10.3. The first-order valence-corrected chi connectivity index (χ1v) is 9.90. The summed E-state index contributed by atoms with van der Waals surface area (Å²) < 4.78 is 16.2. The topological polar surface area (TPSA) is 116 Å². The van der Waals surface area contributed by atoms with E-state index in [4.69, 9.17) is 14.2 Å². The van der Waals surface area contributed by atoms with Crippen LogP contribution in [0.15, 0.2) is 36.7 Å². The molecule has 0 bridgehead atoms. The molecule has 3 rings (SSSR count). The normalized spacial score (nSPS) is 11.6. The Morgan fingerprint density at radius 1 is 1.17 bits per heavy atom. The van der Waals surface area contributed by atoms with Gasteiger partial charge in [-0.15, -0.1) is 11.3 Å². The number of methoxy groups -OCH3 is 2. The second kappa shape index (κ2) is 9.99. The van der Waals surface area contributed by atoms with Crippen LogP contribution >= 0.6 is 11.3 Å². The van der Waals surface area contributed by atoms with Gasteiger partial charge in [-0.2, -0.15) is 0 Å². The molecule has 0 radical (unpaired) electrons. The molecule has 3 aromatic rings. The van der Waals surface area contributed by atoms with E-state index in [1.165, 1.54) is 25.6 Å². The number of aliphatic hydroxyl groups is 1. The highest BCUT2D eigenvalue weighted by Gasteiger charge is 2.19. The van der Waals surface area contributed by atoms with Gasteiger partial charge in [-0.1, -0.05) is 6.07 Å². The fourth-order valence-electron chi connectivity index (χ4n) is 2.60. The molecule has 0 aliphatic rings. The predicted octanol–water partition coefficient (Wildman–Crippen LogP) is 2.10. The van der Waals surface area contributed by atoms with Crippen molar-refractivity contribution in [1.29, 1.82) is 0 Å². The Morgan fingerprint density at radius 3 is 2.47 bits per heavy atom. The molecule has 1 atom stereocenters. The lowest BCUT2D eigenvalue weighted by Gasteiger charge is -2.17. The minimum absolute atomic E-state index is 0.00477. The molecule has 0 saturated heterocycles. The zero-order valence-corrected chi connectivity index (χ0v) is 17.6. The molecule has 1 unspecified atom stereocenters. The quantitative estimate of drug-likeness (QED) is 0.530. The van der Waals surface area contributed by atoms with Crippen LogP contribution in [0.25, 0.3) is 10.8 Å². The molecule has 2 heterocycles. The molecule has 1 aromatic carbocycles. The number of aromatic nitrogens is 3. The average Bonchev–Trinajstić information content (AvgIpc) is 3.18. The van der Waals surface area contributed by atoms with Crippen LogP contribution in [0.3, 0.4) is 0 Å². The van der Waals surface area contributed by atoms with Crippen molar-refractivity contribution in [3.8, 4) is 28.1 Å². The van der Waals surface area contributed by atoms with Crippen LogP contribution in [-0.2, 0) is 0 Å². The van der Waals surface area contributed by atoms with Crippen LogP contribution in [0.5, 0.6) is 17.2 Å². The maximum absolute atomic E-state index is 12.5. The number of amides is 1. The Hall–Kier alpha value is -3.24. The molecule has 9 nitrogen and oxygen atoms in total. The molecule has 2 aromatic heterocycles. The number of rotatable bonds is 9. The lowest BCUT2D eigenvalue weighted by Crippen LogP contribution is -2.35. The number of aryl methyl sites for hydroxylation is 1. The summed E-state index contributed by atoms with van der Waals surface area (Å²) in [6.07, 6.45) is 2.30. The van der Waals surface area contributed by atoms with E-state index in [1.54, 1.807) is 43.6 Å². The van der Waals surface area contributed by atoms with Gasteiger partial charge in [0.25, 0.3) is 5.91 Å². The minimum atomic E-state index is -0.936. The molecule has 0 spiro atoms. The third-order valence-electron chi connectivity index (χ3n) is 4.06. The number of hydrogen-bond donors (Lipinski definition) is 2. The summed E-state index contributed by atoms with van der Waals surface area (Å²) in [5.41, 5.74) is 0.574. The summed E-state index contributed by atoms with van der Waals surface area (Å²) in [5.74, 6) is 1.49. The maximum Gasteiger partial charge on any atom is 0.263 e. The van der Waals surface area contributed by atoms with E-state index < -0.39 is 6.10 Å². The van der Waals surface area contributed by atoms with Crippen LogP contribution in [0, 0.1) is 6.92 Å². The van der Waals surface area contributed by atoms with E-state index in [-0.39, 0.29) is 19.1 Å². The predicted molar refractivity (Wildman–Crippen MR) is 111 cm³/mol. The Labute approximate surface area is 177 Å². The van der Waals surface area contributed by atoms with Gasteiger partial charge >= 0.3 is 0 Å². The molecule has 158 valence electrons. The highest BCUT2D eigenvalue weighted by atomic mass is 32.1. The maximum atomic E-state index is 12.5. The Morgan fingerprint density at radius 2 is 1.83 bits per heavy atom. The molecule has 0 saturated carbocycles. The minimum Gasteiger partial charge on any atom is -0.493 e. The monoisotopic (exact) mass is 430 g/mol. The second-order valence-electron chi connectivity index (χ2n) is 6.17. The molecule has 1 amide bonds. The third kappa shape index (κ3) is 5.02. The number of benzene rings is 1. The highest BCUT2D eigenvalue weighted by Crippen LogP contribution is 2.36. The van der Waals surface area contributed by atoms with Crippen molar-refractivity contribution < 1.29 is 24.1 Å². The van der Waals surface area contributed by atoms with Gasteiger partial charge in [-0.05, 0) is 25.1 Å². The fourth-order valence-corrected chi connectivity index (χ4v) is 3.53. The highest BCUT2D eigenvalue weighted by molar-refractivity contribution is 7.17. The Kier molecular flexibility index (Phi) is 7.15. The van der Waals surface area contributed by atoms with E-state index in [0.717, 1.165) is 0 Å². The van der Waals surface area contributed by atoms with Crippen LogP contribution in [-0.4, -0.2) is 59.4 Å². The third-order valence-corrected chi connectivity index (χ3v) is 5.21. The first-order chi connectivity index (χ1) is 14.5. The molecule has 2 N–H and O–H groups in total. The lowest BCUT2D eigenvalue weighted by molar-refractivity contribution is 0.0836. The molecule has 0 aliphatic heterocycles. The largest absolute Gasteiger partial charge is 0.493 e. The van der Waals surface area contributed by atoms with Crippen molar-refractivity contribution in [2.45, 2.75) is 13.0 Å². The van der Waals surface area contributed by atoms with E-state index >= 15 is 0 Å². The van der Waals surface area contributed by atoms with Crippen molar-refractivity contribution in [3.05, 3.63) is 47.2 Å². The number of hydrogen-bond acceptors (Lipinski definition) is 9. The molecular formula is C20H22N4O5S. The standard InChI is InChI=1S/C20H22N4O5S/c1-12-17(30-20(24-12)18-21-8-5-9-22-18)19(26)23-10-13(25)11-29-16-14(27-2)6-4-7-15(16)28-3/h4-9,13,25H,10-11H2,1-3H3,(H,23,26). The summed E-state index contributed by atoms with van der Waals surface area (Å²) in [4.78, 5) is 25.6. The zero-order chi connectivity index (χ0) is 21.5. The van der Waals surface area contributed by atoms with E-state index in [1.807, 2.05) is 0 Å². The summed E-state index contributed by atoms with van der Waals surface area (Å²) in [6.45, 7) is 1.69. The Bertz CT molecular complexity index is 974. The smallest absolute Gasteiger partial charge is 0.263 e. The number of nitrogens with zero attached hydrogens (tertiary/aromatic N) is 3. The number of nitrogens with one attached hydrogen (secondary N) is 1. The van der Waals surface area contributed by atoms with Crippen molar-refractivity contribution in [3.63, 3.8) is 0 Å². The second-order valence-corrected chi connectivity index (χ2v) is 7.17. The molecule has 0 aliphatic carbocycles. The van der Waals surface area contributed by atoms with E-state index in [9.17, 15) is 9.90 Å². The van der Waals surface area contributed by atoms with Crippen molar-refractivity contribution in [1.82, 2.24) is 20.3 Å². The van der Waals surface area contributed by atoms with Crippen molar-refractivity contribution in [2.75, 3.05) is 27.4 Å². The van der Waals surface area contributed by atoms with Crippen LogP contribution in [0.2, 0.25) is 0 Å². The van der Waals surface area contributed by atoms with Gasteiger partial charge in [0.1, 0.15) is 17.6 Å². The number of carbonyl (C=O) groups is 1. The first-order valence-electron chi connectivity index (χ1n) is 9.08. The number of aliphatic hydroxyl groups excluding tert-OH is 1. The van der Waals surface area contributed by atoms with Crippen molar-refractivity contribution in [2.24, 2.45) is 0 Å². The summed E-state index contributed by atoms with van der Waals surface area (Å²) in [6, 6.07) is 6.94. The number of para-hydroxylation sites is 1. The fraction of sp³-hybridized carbons (Fsp3) is 0.300. The molecular weight excluding hydrogens is 408 g/mol. The number of carbonyl (C=O) groups excluding carboxylic acids is 1. The van der Waals surface area contributed by atoms with Gasteiger partial charge in [0, 0.05) is 18.9 Å². The number of thiazole rings is 1.